The Bertz CT molecular complexity index is 467. The fraction of sp³-hybridized carbons (Fsp3) is 0.462. The molecule has 0 spiro atoms. The van der Waals surface area contributed by atoms with Gasteiger partial charge in [0.05, 0.1) is 6.61 Å². The van der Waals surface area contributed by atoms with E-state index in [-0.39, 0.29) is 24.8 Å². The van der Waals surface area contributed by atoms with Gasteiger partial charge in [-0.15, -0.1) is 0 Å². The predicted molar refractivity (Wildman–Crippen MR) is 66.5 cm³/mol. The number of halogens is 2. The minimum absolute atomic E-state index is 0.0447. The van der Waals surface area contributed by atoms with Gasteiger partial charge in [0.2, 0.25) is 0 Å². The van der Waals surface area contributed by atoms with Crippen LogP contribution in [0.25, 0.3) is 0 Å². The maximum absolute atomic E-state index is 13.4. The average Bonchev–Trinajstić information content (AvgIpc) is 2.31. The molecule has 1 aromatic carbocycles. The Kier molecular flexibility index (Phi) is 3.99. The Hall–Kier alpha value is -1.69. The van der Waals surface area contributed by atoms with Crippen LogP contribution in [-0.2, 0) is 0 Å². The molecule has 4 nitrogen and oxygen atoms in total. The summed E-state index contributed by atoms with van der Waals surface area (Å²) in [5, 5.41) is 8.99. The number of carbonyl (C=O) groups excluding carboxylic acids is 1. The Balaban J connectivity index is 2.25. The number of hydrogen-bond donors (Lipinski definition) is 2. The van der Waals surface area contributed by atoms with Crippen molar-refractivity contribution < 1.29 is 18.7 Å². The largest absolute Gasteiger partial charge is 0.395 e. The third-order valence-corrected chi connectivity index (χ3v) is 3.44. The van der Waals surface area contributed by atoms with E-state index in [9.17, 15) is 13.6 Å². The van der Waals surface area contributed by atoms with Gasteiger partial charge in [-0.1, -0.05) is 0 Å². The second kappa shape index (κ2) is 5.52. The van der Waals surface area contributed by atoms with Gasteiger partial charge >= 0.3 is 0 Å². The lowest BCUT2D eigenvalue weighted by atomic mass is 9.91. The maximum Gasteiger partial charge on any atom is 0.254 e. The molecular weight excluding hydrogens is 254 g/mol. The molecule has 104 valence electrons. The maximum atomic E-state index is 13.4. The van der Waals surface area contributed by atoms with Crippen molar-refractivity contribution in [3.63, 3.8) is 0 Å². The fourth-order valence-electron chi connectivity index (χ4n) is 2.13. The van der Waals surface area contributed by atoms with E-state index in [0.717, 1.165) is 31.4 Å². The van der Waals surface area contributed by atoms with Crippen LogP contribution in [0.2, 0.25) is 0 Å². The number of rotatable bonds is 4. The highest BCUT2D eigenvalue weighted by Crippen LogP contribution is 2.27. The lowest BCUT2D eigenvalue weighted by Crippen LogP contribution is -2.45. The SMILES string of the molecule is Nc1c(F)cc(C(=O)N(CCO)C2CCC2)cc1F. The molecule has 1 saturated carbocycles. The van der Waals surface area contributed by atoms with Crippen LogP contribution in [0, 0.1) is 11.6 Å². The molecule has 3 N–H and O–H groups in total. The molecule has 1 aliphatic rings. The lowest BCUT2D eigenvalue weighted by molar-refractivity contribution is 0.0525. The van der Waals surface area contributed by atoms with Crippen molar-refractivity contribution in [3.05, 3.63) is 29.3 Å². The molecule has 1 amide bonds. The molecule has 19 heavy (non-hydrogen) atoms. The molecule has 0 unspecified atom stereocenters. The first kappa shape index (κ1) is 13.7. The first-order valence-corrected chi connectivity index (χ1v) is 6.21. The highest BCUT2D eigenvalue weighted by atomic mass is 19.1. The van der Waals surface area contributed by atoms with E-state index >= 15 is 0 Å². The summed E-state index contributed by atoms with van der Waals surface area (Å²) in [6.45, 7) is -0.0146. The molecule has 0 bridgehead atoms. The molecule has 1 fully saturated rings. The van der Waals surface area contributed by atoms with Crippen molar-refractivity contribution in [2.45, 2.75) is 25.3 Å². The zero-order chi connectivity index (χ0) is 14.0. The van der Waals surface area contributed by atoms with E-state index in [1.54, 1.807) is 0 Å². The van der Waals surface area contributed by atoms with E-state index in [1.165, 1.54) is 4.90 Å². The zero-order valence-electron chi connectivity index (χ0n) is 10.4. The number of aliphatic hydroxyl groups excluding tert-OH is 1. The van der Waals surface area contributed by atoms with E-state index in [4.69, 9.17) is 10.8 Å². The number of benzene rings is 1. The standard InChI is InChI=1S/C13H16F2N2O2/c14-10-6-8(7-11(15)12(10)16)13(19)17(4-5-18)9-2-1-3-9/h6-7,9,18H,1-5,16H2. The van der Waals surface area contributed by atoms with Crippen LogP contribution in [0.5, 0.6) is 0 Å². The van der Waals surface area contributed by atoms with Gasteiger partial charge in [0.15, 0.2) is 0 Å². The van der Waals surface area contributed by atoms with Crippen LogP contribution in [0.4, 0.5) is 14.5 Å². The number of hydrogen-bond acceptors (Lipinski definition) is 3. The second-order valence-corrected chi connectivity index (χ2v) is 4.66. The molecule has 0 saturated heterocycles. The number of amides is 1. The Morgan fingerprint density at radius 2 is 1.95 bits per heavy atom. The number of aliphatic hydroxyl groups is 1. The van der Waals surface area contributed by atoms with E-state index in [1.807, 2.05) is 0 Å². The smallest absolute Gasteiger partial charge is 0.254 e. The molecule has 0 atom stereocenters. The molecule has 2 rings (SSSR count). The predicted octanol–water partition coefficient (Wildman–Crippen LogP) is 1.53. The van der Waals surface area contributed by atoms with Gasteiger partial charge in [-0.25, -0.2) is 8.78 Å². The Labute approximate surface area is 109 Å². The summed E-state index contributed by atoms with van der Waals surface area (Å²) in [4.78, 5) is 13.7. The zero-order valence-corrected chi connectivity index (χ0v) is 10.4. The summed E-state index contributed by atoms with van der Waals surface area (Å²) < 4.78 is 26.7. The van der Waals surface area contributed by atoms with Crippen LogP contribution in [0.3, 0.4) is 0 Å². The third-order valence-electron chi connectivity index (χ3n) is 3.44. The minimum atomic E-state index is -0.944. The highest BCUT2D eigenvalue weighted by molar-refractivity contribution is 5.95. The second-order valence-electron chi connectivity index (χ2n) is 4.66. The van der Waals surface area contributed by atoms with Crippen LogP contribution in [-0.4, -0.2) is 35.1 Å². The average molecular weight is 270 g/mol. The molecule has 0 heterocycles. The van der Waals surface area contributed by atoms with Gasteiger partial charge in [0.25, 0.3) is 5.91 Å². The number of nitrogens with two attached hydrogens (primary N) is 1. The summed E-state index contributed by atoms with van der Waals surface area (Å²) in [6, 6.07) is 1.91. The molecule has 0 aromatic heterocycles. The summed E-state index contributed by atoms with van der Waals surface area (Å²) in [5.74, 6) is -2.36. The van der Waals surface area contributed by atoms with Crippen LogP contribution >= 0.6 is 0 Å². The van der Waals surface area contributed by atoms with Crippen molar-refractivity contribution in [3.8, 4) is 0 Å². The van der Waals surface area contributed by atoms with Crippen LogP contribution in [0.15, 0.2) is 12.1 Å². The summed E-state index contributed by atoms with van der Waals surface area (Å²) in [7, 11) is 0. The van der Waals surface area contributed by atoms with E-state index < -0.39 is 23.2 Å². The van der Waals surface area contributed by atoms with Crippen molar-refractivity contribution in [1.29, 1.82) is 0 Å². The molecule has 6 heteroatoms. The van der Waals surface area contributed by atoms with E-state index in [0.29, 0.717) is 0 Å². The summed E-state index contributed by atoms with van der Waals surface area (Å²) in [6.07, 6.45) is 2.72. The number of anilines is 1. The van der Waals surface area contributed by atoms with Crippen molar-refractivity contribution in [2.24, 2.45) is 0 Å². The molecule has 0 radical (unpaired) electrons. The van der Waals surface area contributed by atoms with Gasteiger partial charge in [-0.2, -0.15) is 0 Å². The van der Waals surface area contributed by atoms with Gasteiger partial charge in [0.1, 0.15) is 17.3 Å². The number of carbonyl (C=O) groups is 1. The quantitative estimate of drug-likeness (QED) is 0.815. The first-order valence-electron chi connectivity index (χ1n) is 6.21. The van der Waals surface area contributed by atoms with Gasteiger partial charge < -0.3 is 15.7 Å². The van der Waals surface area contributed by atoms with Crippen molar-refractivity contribution in [1.82, 2.24) is 4.90 Å². The fourth-order valence-corrected chi connectivity index (χ4v) is 2.13. The molecular formula is C13H16F2N2O2. The Morgan fingerprint density at radius 1 is 1.37 bits per heavy atom. The monoisotopic (exact) mass is 270 g/mol. The van der Waals surface area contributed by atoms with Crippen LogP contribution in [0.1, 0.15) is 29.6 Å². The normalized spacial score (nSPS) is 15.1. The lowest BCUT2D eigenvalue weighted by Gasteiger charge is -2.37. The summed E-state index contributed by atoms with van der Waals surface area (Å²) >= 11 is 0. The third kappa shape index (κ3) is 2.68. The molecule has 0 aliphatic heterocycles. The first-order chi connectivity index (χ1) is 9.04. The number of nitrogens with zero attached hydrogens (tertiary/aromatic N) is 1. The van der Waals surface area contributed by atoms with Gasteiger partial charge in [-0.3, -0.25) is 4.79 Å². The highest BCUT2D eigenvalue weighted by Gasteiger charge is 2.29. The van der Waals surface area contributed by atoms with Gasteiger partial charge in [-0.05, 0) is 31.4 Å². The van der Waals surface area contributed by atoms with E-state index in [2.05, 4.69) is 0 Å². The number of nitrogen functional groups attached to an aromatic ring is 1. The summed E-state index contributed by atoms with van der Waals surface area (Å²) in [5.41, 5.74) is 4.50. The van der Waals surface area contributed by atoms with Crippen molar-refractivity contribution in [2.75, 3.05) is 18.9 Å². The minimum Gasteiger partial charge on any atom is -0.395 e. The topological polar surface area (TPSA) is 66.6 Å². The molecule has 1 aromatic rings. The molecule has 1 aliphatic carbocycles. The van der Waals surface area contributed by atoms with Crippen molar-refractivity contribution >= 4 is 11.6 Å². The van der Waals surface area contributed by atoms with Crippen LogP contribution < -0.4 is 5.73 Å². The Morgan fingerprint density at radius 3 is 2.37 bits per heavy atom. The van der Waals surface area contributed by atoms with Gasteiger partial charge in [0, 0.05) is 18.2 Å².